The number of H-pyrrole nitrogens is 1. The summed E-state index contributed by atoms with van der Waals surface area (Å²) in [6.07, 6.45) is 2.03. The van der Waals surface area contributed by atoms with Crippen LogP contribution in [0.25, 0.3) is 11.1 Å². The number of hydrogen-bond acceptors (Lipinski definition) is 2. The molecule has 2 heterocycles. The third-order valence-corrected chi connectivity index (χ3v) is 1.87. The van der Waals surface area contributed by atoms with Gasteiger partial charge in [-0.05, 0) is 0 Å². The average Bonchev–Trinajstić information content (AvgIpc) is 2.70. The van der Waals surface area contributed by atoms with Gasteiger partial charge in [-0.2, -0.15) is 10.2 Å². The molecule has 0 bridgehead atoms. The van der Waals surface area contributed by atoms with Gasteiger partial charge in [0.1, 0.15) is 5.69 Å². The summed E-state index contributed by atoms with van der Waals surface area (Å²) in [7, 11) is 1.61. The minimum Gasteiger partial charge on any atom is -0.285 e. The van der Waals surface area contributed by atoms with E-state index < -0.39 is 6.43 Å². The van der Waals surface area contributed by atoms with Crippen LogP contribution >= 0.6 is 0 Å². The molecule has 0 aliphatic rings. The van der Waals surface area contributed by atoms with Gasteiger partial charge in [-0.25, -0.2) is 8.78 Å². The van der Waals surface area contributed by atoms with Crippen LogP contribution in [-0.4, -0.2) is 20.0 Å². The highest BCUT2D eigenvalue weighted by Crippen LogP contribution is 2.28. The third kappa shape index (κ3) is 1.39. The number of halogens is 2. The quantitative estimate of drug-likeness (QED) is 0.799. The van der Waals surface area contributed by atoms with Gasteiger partial charge in [0.05, 0.1) is 6.20 Å². The molecular weight excluding hydrogens is 190 g/mol. The Morgan fingerprint density at radius 3 is 2.86 bits per heavy atom. The van der Waals surface area contributed by atoms with Crippen LogP contribution in [0.3, 0.4) is 0 Å². The van der Waals surface area contributed by atoms with Crippen LogP contribution in [0.4, 0.5) is 8.78 Å². The smallest absolute Gasteiger partial charge is 0.282 e. The lowest BCUT2D eigenvalue weighted by atomic mass is 10.1. The summed E-state index contributed by atoms with van der Waals surface area (Å²) in [5.74, 6) is 0. The van der Waals surface area contributed by atoms with E-state index >= 15 is 0 Å². The molecule has 0 atom stereocenters. The molecule has 4 nitrogen and oxygen atoms in total. The zero-order valence-electron chi connectivity index (χ0n) is 7.41. The van der Waals surface area contributed by atoms with Crippen molar-refractivity contribution in [1.29, 1.82) is 0 Å². The maximum atomic E-state index is 12.5. The van der Waals surface area contributed by atoms with Gasteiger partial charge in [-0.1, -0.05) is 0 Å². The molecule has 14 heavy (non-hydrogen) atoms. The number of hydrogen-bond donors (Lipinski definition) is 1. The van der Waals surface area contributed by atoms with Crippen LogP contribution in [0, 0.1) is 0 Å². The van der Waals surface area contributed by atoms with Gasteiger partial charge in [0, 0.05) is 30.6 Å². The zero-order chi connectivity index (χ0) is 10.1. The Balaban J connectivity index is 2.52. The van der Waals surface area contributed by atoms with E-state index in [0.29, 0.717) is 11.1 Å². The predicted molar refractivity (Wildman–Crippen MR) is 45.7 cm³/mol. The van der Waals surface area contributed by atoms with Crippen LogP contribution in [0.15, 0.2) is 18.6 Å². The van der Waals surface area contributed by atoms with Crippen LogP contribution in [0.2, 0.25) is 0 Å². The molecular formula is C8H8F2N4. The Labute approximate surface area is 78.6 Å². The van der Waals surface area contributed by atoms with E-state index in [1.54, 1.807) is 19.4 Å². The molecule has 0 saturated carbocycles. The molecule has 2 rings (SSSR count). The summed E-state index contributed by atoms with van der Waals surface area (Å²) in [6, 6.07) is 0. The van der Waals surface area contributed by atoms with Gasteiger partial charge in [0.2, 0.25) is 0 Å². The first-order chi connectivity index (χ1) is 6.68. The predicted octanol–water partition coefficient (Wildman–Crippen LogP) is 1.75. The van der Waals surface area contributed by atoms with E-state index in [1.165, 1.54) is 10.9 Å². The Bertz CT molecular complexity index is 418. The molecule has 0 saturated heterocycles. The highest BCUT2D eigenvalue weighted by molar-refractivity contribution is 5.63. The molecule has 0 aromatic carbocycles. The Morgan fingerprint density at radius 2 is 2.29 bits per heavy atom. The molecule has 74 valence electrons. The SMILES string of the molecule is Cn1cc(-c2cn[nH]c2)c(C(F)F)n1. The largest absolute Gasteiger partial charge is 0.285 e. The lowest BCUT2D eigenvalue weighted by Crippen LogP contribution is -1.91. The van der Waals surface area contributed by atoms with Gasteiger partial charge in [-0.15, -0.1) is 0 Å². The number of nitrogens with zero attached hydrogens (tertiary/aromatic N) is 3. The first-order valence-corrected chi connectivity index (χ1v) is 3.99. The van der Waals surface area contributed by atoms with Crippen LogP contribution < -0.4 is 0 Å². The minimum atomic E-state index is -2.57. The van der Waals surface area contributed by atoms with Crippen molar-refractivity contribution < 1.29 is 8.78 Å². The van der Waals surface area contributed by atoms with Gasteiger partial charge in [0.25, 0.3) is 6.43 Å². The zero-order valence-corrected chi connectivity index (χ0v) is 7.41. The van der Waals surface area contributed by atoms with Crippen molar-refractivity contribution in [2.24, 2.45) is 7.05 Å². The lowest BCUT2D eigenvalue weighted by Gasteiger charge is -1.96. The standard InChI is InChI=1S/C8H8F2N4/c1-14-4-6(5-2-11-12-3-5)7(13-14)8(9)10/h2-4,8H,1H3,(H,11,12). The molecule has 6 heteroatoms. The fraction of sp³-hybridized carbons (Fsp3) is 0.250. The third-order valence-electron chi connectivity index (χ3n) is 1.87. The van der Waals surface area contributed by atoms with Crippen molar-refractivity contribution in [2.45, 2.75) is 6.43 Å². The van der Waals surface area contributed by atoms with Gasteiger partial charge in [0.15, 0.2) is 0 Å². The van der Waals surface area contributed by atoms with Gasteiger partial charge in [-0.3, -0.25) is 9.78 Å². The van der Waals surface area contributed by atoms with Crippen molar-refractivity contribution in [3.05, 3.63) is 24.3 Å². The second kappa shape index (κ2) is 3.21. The number of aryl methyl sites for hydroxylation is 1. The monoisotopic (exact) mass is 198 g/mol. The van der Waals surface area contributed by atoms with Crippen molar-refractivity contribution in [3.63, 3.8) is 0 Å². The molecule has 2 aromatic rings. The lowest BCUT2D eigenvalue weighted by molar-refractivity contribution is 0.146. The summed E-state index contributed by atoms with van der Waals surface area (Å²) >= 11 is 0. The Morgan fingerprint density at radius 1 is 1.50 bits per heavy atom. The summed E-state index contributed by atoms with van der Waals surface area (Å²) in [4.78, 5) is 0. The summed E-state index contributed by atoms with van der Waals surface area (Å²) in [5, 5.41) is 9.96. The fourth-order valence-electron chi connectivity index (χ4n) is 1.29. The first-order valence-electron chi connectivity index (χ1n) is 3.99. The van der Waals surface area contributed by atoms with Gasteiger partial charge < -0.3 is 0 Å². The highest BCUT2D eigenvalue weighted by Gasteiger charge is 2.18. The van der Waals surface area contributed by atoms with E-state index in [4.69, 9.17) is 0 Å². The molecule has 0 spiro atoms. The Kier molecular flexibility index (Phi) is 2.03. The second-order valence-corrected chi connectivity index (χ2v) is 2.89. The number of nitrogens with one attached hydrogen (secondary N) is 1. The Hall–Kier alpha value is -1.72. The second-order valence-electron chi connectivity index (χ2n) is 2.89. The molecule has 0 aliphatic heterocycles. The molecule has 0 radical (unpaired) electrons. The maximum Gasteiger partial charge on any atom is 0.282 e. The van der Waals surface area contributed by atoms with E-state index in [-0.39, 0.29) is 5.69 Å². The van der Waals surface area contributed by atoms with E-state index in [9.17, 15) is 8.78 Å². The molecule has 1 N–H and O–H groups in total. The number of aromatic amines is 1. The van der Waals surface area contributed by atoms with E-state index in [2.05, 4.69) is 15.3 Å². The topological polar surface area (TPSA) is 46.5 Å². The van der Waals surface area contributed by atoms with Crippen LogP contribution in [-0.2, 0) is 7.05 Å². The number of rotatable bonds is 2. The van der Waals surface area contributed by atoms with Crippen LogP contribution in [0.1, 0.15) is 12.1 Å². The maximum absolute atomic E-state index is 12.5. The number of aromatic nitrogens is 4. The minimum absolute atomic E-state index is 0.214. The molecule has 0 unspecified atom stereocenters. The van der Waals surface area contributed by atoms with E-state index in [1.807, 2.05) is 0 Å². The van der Waals surface area contributed by atoms with Crippen molar-refractivity contribution in [2.75, 3.05) is 0 Å². The van der Waals surface area contributed by atoms with E-state index in [0.717, 1.165) is 0 Å². The van der Waals surface area contributed by atoms with Crippen molar-refractivity contribution in [1.82, 2.24) is 20.0 Å². The molecule has 0 fully saturated rings. The van der Waals surface area contributed by atoms with Crippen molar-refractivity contribution >= 4 is 0 Å². The molecule has 0 amide bonds. The fourth-order valence-corrected chi connectivity index (χ4v) is 1.29. The summed E-state index contributed by atoms with van der Waals surface area (Å²) < 4.78 is 26.4. The van der Waals surface area contributed by atoms with Crippen LogP contribution in [0.5, 0.6) is 0 Å². The van der Waals surface area contributed by atoms with Crippen molar-refractivity contribution in [3.8, 4) is 11.1 Å². The molecule has 2 aromatic heterocycles. The van der Waals surface area contributed by atoms with Gasteiger partial charge >= 0.3 is 0 Å². The summed E-state index contributed by atoms with van der Waals surface area (Å²) in [5.41, 5.74) is 0.818. The average molecular weight is 198 g/mol. The normalized spacial score (nSPS) is 11.1. The number of alkyl halides is 2. The summed E-state index contributed by atoms with van der Waals surface area (Å²) in [6.45, 7) is 0. The molecule has 0 aliphatic carbocycles. The highest BCUT2D eigenvalue weighted by atomic mass is 19.3. The first kappa shape index (κ1) is 8.86.